The molecule has 2 aliphatic carbocycles. The topological polar surface area (TPSA) is 0 Å². The van der Waals surface area contributed by atoms with Gasteiger partial charge in [0.05, 0.1) is 0 Å². The molecular formula is C46H88. The quantitative estimate of drug-likeness (QED) is 0.0917. The van der Waals surface area contributed by atoms with Crippen LogP contribution < -0.4 is 0 Å². The Bertz CT molecular complexity index is 762. The van der Waals surface area contributed by atoms with Gasteiger partial charge in [-0.25, -0.2) is 0 Å². The summed E-state index contributed by atoms with van der Waals surface area (Å²) < 4.78 is 0. The maximum Gasteiger partial charge on any atom is -0.0209 e. The van der Waals surface area contributed by atoms with Crippen LogP contribution in [-0.2, 0) is 0 Å². The van der Waals surface area contributed by atoms with E-state index >= 15 is 0 Å². The van der Waals surface area contributed by atoms with Crippen molar-refractivity contribution in [1.82, 2.24) is 0 Å². The molecular weight excluding hydrogens is 553 g/mol. The summed E-state index contributed by atoms with van der Waals surface area (Å²) in [7, 11) is 0. The molecule has 0 amide bonds. The normalized spacial score (nSPS) is 30.5. The van der Waals surface area contributed by atoms with Gasteiger partial charge in [-0.05, 0) is 124 Å². The van der Waals surface area contributed by atoms with Crippen LogP contribution in [0.15, 0.2) is 11.6 Å². The SMILES string of the molecule is CCCCCCCCCCCC=C(C)C(CC)CCC(C)C(C)CC1CCC2(CC)CC(CCC(CC)CCCCC1C)CC2C. The lowest BCUT2D eigenvalue weighted by molar-refractivity contribution is 0.136. The van der Waals surface area contributed by atoms with E-state index in [0.29, 0.717) is 5.41 Å². The summed E-state index contributed by atoms with van der Waals surface area (Å²) in [6.45, 7) is 22.7. The van der Waals surface area contributed by atoms with Crippen molar-refractivity contribution in [1.29, 1.82) is 0 Å². The molecule has 0 aromatic carbocycles. The van der Waals surface area contributed by atoms with E-state index in [0.717, 1.165) is 47.3 Å². The summed E-state index contributed by atoms with van der Waals surface area (Å²) in [6.07, 6.45) is 40.3. The first-order chi connectivity index (χ1) is 22.2. The maximum absolute atomic E-state index is 2.65. The highest BCUT2D eigenvalue weighted by Crippen LogP contribution is 2.54. The minimum atomic E-state index is 0.635. The van der Waals surface area contributed by atoms with Crippen molar-refractivity contribution in [2.75, 3.05) is 0 Å². The van der Waals surface area contributed by atoms with Gasteiger partial charge >= 0.3 is 0 Å². The Labute approximate surface area is 292 Å². The Morgan fingerprint density at radius 1 is 0.761 bits per heavy atom. The van der Waals surface area contributed by atoms with E-state index < -0.39 is 0 Å². The molecule has 2 fully saturated rings. The first kappa shape index (κ1) is 41.9. The van der Waals surface area contributed by atoms with Crippen LogP contribution in [0, 0.1) is 52.8 Å². The van der Waals surface area contributed by atoms with Crippen LogP contribution in [-0.4, -0.2) is 0 Å². The highest BCUT2D eigenvalue weighted by atomic mass is 14.5. The van der Waals surface area contributed by atoms with Gasteiger partial charge in [-0.3, -0.25) is 0 Å². The maximum atomic E-state index is 2.65. The fourth-order valence-electron chi connectivity index (χ4n) is 10.3. The summed E-state index contributed by atoms with van der Waals surface area (Å²) in [4.78, 5) is 0. The molecule has 2 saturated carbocycles. The minimum Gasteiger partial charge on any atom is -0.0853 e. The first-order valence-corrected chi connectivity index (χ1v) is 21.9. The minimum absolute atomic E-state index is 0.635. The van der Waals surface area contributed by atoms with Crippen LogP contribution in [0.1, 0.15) is 229 Å². The van der Waals surface area contributed by atoms with E-state index in [1.165, 1.54) is 161 Å². The third kappa shape index (κ3) is 15.1. The van der Waals surface area contributed by atoms with Gasteiger partial charge in [-0.1, -0.05) is 170 Å². The average Bonchev–Trinajstić information content (AvgIpc) is 3.37. The molecule has 0 aromatic rings. The summed E-state index contributed by atoms with van der Waals surface area (Å²) in [5.41, 5.74) is 2.33. The van der Waals surface area contributed by atoms with Crippen LogP contribution in [0.4, 0.5) is 0 Å². The number of fused-ring (bicyclic) bond motifs is 2. The smallest absolute Gasteiger partial charge is 0.0209 e. The molecule has 9 unspecified atom stereocenters. The molecule has 0 nitrogen and oxygen atoms in total. The van der Waals surface area contributed by atoms with E-state index in [1.54, 1.807) is 12.0 Å². The van der Waals surface area contributed by atoms with Crippen molar-refractivity contribution in [3.8, 4) is 0 Å². The Morgan fingerprint density at radius 2 is 1.43 bits per heavy atom. The second-order valence-electron chi connectivity index (χ2n) is 17.8. The molecule has 46 heavy (non-hydrogen) atoms. The number of rotatable bonds is 20. The van der Waals surface area contributed by atoms with Crippen molar-refractivity contribution in [2.45, 2.75) is 229 Å². The number of hydrogen-bond acceptors (Lipinski definition) is 0. The predicted molar refractivity (Wildman–Crippen MR) is 210 cm³/mol. The molecule has 0 N–H and O–H groups in total. The van der Waals surface area contributed by atoms with Gasteiger partial charge in [0, 0.05) is 0 Å². The number of unbranched alkanes of at least 4 members (excludes halogenated alkanes) is 9. The second kappa shape index (κ2) is 24.0. The number of allylic oxidation sites excluding steroid dienone is 2. The predicted octanol–water partition coefficient (Wildman–Crippen LogP) is 16.2. The van der Waals surface area contributed by atoms with E-state index in [2.05, 4.69) is 68.4 Å². The Hall–Kier alpha value is -0.260. The van der Waals surface area contributed by atoms with Gasteiger partial charge in [-0.15, -0.1) is 0 Å². The van der Waals surface area contributed by atoms with Crippen molar-refractivity contribution >= 4 is 0 Å². The zero-order valence-corrected chi connectivity index (χ0v) is 33.6. The zero-order chi connectivity index (χ0) is 33.8. The first-order valence-electron chi connectivity index (χ1n) is 21.9. The third-order valence-electron chi connectivity index (χ3n) is 14.6. The number of hydrogen-bond donors (Lipinski definition) is 0. The van der Waals surface area contributed by atoms with E-state index in [1.807, 2.05) is 0 Å². The van der Waals surface area contributed by atoms with E-state index in [9.17, 15) is 0 Å². The van der Waals surface area contributed by atoms with Gasteiger partial charge in [0.15, 0.2) is 0 Å². The molecule has 0 radical (unpaired) electrons. The Kier molecular flexibility index (Phi) is 21.9. The lowest BCUT2D eigenvalue weighted by atomic mass is 9.68. The van der Waals surface area contributed by atoms with Gasteiger partial charge < -0.3 is 0 Å². The highest BCUT2D eigenvalue weighted by molar-refractivity contribution is 5.03. The fourth-order valence-corrected chi connectivity index (χ4v) is 10.3. The van der Waals surface area contributed by atoms with Gasteiger partial charge in [-0.2, -0.15) is 0 Å². The molecule has 0 heterocycles. The van der Waals surface area contributed by atoms with Gasteiger partial charge in [0.1, 0.15) is 0 Å². The standard InChI is InChI=1S/C46H88/c1-10-14-15-16-17-18-19-20-21-22-25-38(6)44(12-3)31-28-37(5)40(8)34-45-32-33-46(13-4)36-43(35-41(46)9)30-29-42(11-2)27-24-23-26-39(45)7/h25,37,39-45H,10-24,26-36H2,1-9H3. The van der Waals surface area contributed by atoms with Crippen LogP contribution >= 0.6 is 0 Å². The van der Waals surface area contributed by atoms with Gasteiger partial charge in [0.2, 0.25) is 0 Å². The van der Waals surface area contributed by atoms with Crippen molar-refractivity contribution in [3.05, 3.63) is 11.6 Å². The Morgan fingerprint density at radius 3 is 2.09 bits per heavy atom. The average molecular weight is 641 g/mol. The van der Waals surface area contributed by atoms with Crippen LogP contribution in [0.25, 0.3) is 0 Å². The van der Waals surface area contributed by atoms with Crippen LogP contribution in [0.2, 0.25) is 0 Å². The summed E-state index contributed by atoms with van der Waals surface area (Å²) in [5, 5.41) is 0. The Balaban J connectivity index is 1.88. The molecule has 2 aliphatic rings. The molecule has 272 valence electrons. The fraction of sp³-hybridized carbons (Fsp3) is 0.957. The largest absolute Gasteiger partial charge is 0.0853 e. The van der Waals surface area contributed by atoms with E-state index in [4.69, 9.17) is 0 Å². The van der Waals surface area contributed by atoms with Gasteiger partial charge in [0.25, 0.3) is 0 Å². The molecule has 0 spiro atoms. The molecule has 0 heteroatoms. The van der Waals surface area contributed by atoms with Crippen molar-refractivity contribution in [2.24, 2.45) is 52.8 Å². The molecule has 2 bridgehead atoms. The lowest BCUT2D eigenvalue weighted by Crippen LogP contribution is -2.27. The summed E-state index contributed by atoms with van der Waals surface area (Å²) in [6, 6.07) is 0. The highest BCUT2D eigenvalue weighted by Gasteiger charge is 2.43. The van der Waals surface area contributed by atoms with Crippen LogP contribution in [0.3, 0.4) is 0 Å². The third-order valence-corrected chi connectivity index (χ3v) is 14.6. The lowest BCUT2D eigenvalue weighted by Gasteiger charge is -2.37. The van der Waals surface area contributed by atoms with Crippen LogP contribution in [0.5, 0.6) is 0 Å². The molecule has 0 aromatic heterocycles. The summed E-state index contributed by atoms with van der Waals surface area (Å²) >= 11 is 0. The van der Waals surface area contributed by atoms with Crippen molar-refractivity contribution < 1.29 is 0 Å². The molecule has 2 rings (SSSR count). The molecule has 0 saturated heterocycles. The van der Waals surface area contributed by atoms with Crippen molar-refractivity contribution in [3.63, 3.8) is 0 Å². The molecule has 9 atom stereocenters. The second-order valence-corrected chi connectivity index (χ2v) is 17.8. The monoisotopic (exact) mass is 641 g/mol. The molecule has 0 aliphatic heterocycles. The van der Waals surface area contributed by atoms with E-state index in [-0.39, 0.29) is 0 Å². The summed E-state index contributed by atoms with van der Waals surface area (Å²) in [5.74, 6) is 7.26. The zero-order valence-electron chi connectivity index (χ0n) is 33.6.